The minimum atomic E-state index is 0.384. The Morgan fingerprint density at radius 1 is 1.44 bits per heavy atom. The fraction of sp³-hybridized carbons (Fsp3) is 1.00. The molecule has 1 saturated heterocycles. The Hall–Kier alpha value is -0.120. The summed E-state index contributed by atoms with van der Waals surface area (Å²) in [7, 11) is 2.00. The average molecular weight is 228 g/mol. The molecule has 1 rings (SSSR count). The monoisotopic (exact) mass is 228 g/mol. The number of nitrogens with one attached hydrogen (secondary N) is 1. The third-order valence-electron chi connectivity index (χ3n) is 3.48. The Bertz CT molecular complexity index is 173. The molecule has 1 N–H and O–H groups in total. The minimum Gasteiger partial charge on any atom is -0.374 e. The third kappa shape index (κ3) is 4.40. The maximum atomic E-state index is 5.74. The molecule has 0 aromatic rings. The molecule has 1 fully saturated rings. The van der Waals surface area contributed by atoms with Gasteiger partial charge in [0.2, 0.25) is 0 Å². The largest absolute Gasteiger partial charge is 0.374 e. The summed E-state index contributed by atoms with van der Waals surface area (Å²) in [5.41, 5.74) is 0. The summed E-state index contributed by atoms with van der Waals surface area (Å²) in [5, 5.41) is 3.21. The molecule has 1 heterocycles. The minimum absolute atomic E-state index is 0.384. The van der Waals surface area contributed by atoms with Crippen LogP contribution >= 0.6 is 0 Å². The van der Waals surface area contributed by atoms with Crippen LogP contribution in [0.4, 0.5) is 0 Å². The predicted octanol–water partition coefficient (Wildman–Crippen LogP) is 1.88. The molecular weight excluding hydrogens is 200 g/mol. The number of ether oxygens (including phenoxy) is 1. The summed E-state index contributed by atoms with van der Waals surface area (Å²) in [6.45, 7) is 8.67. The van der Waals surface area contributed by atoms with Crippen LogP contribution in [0.1, 0.15) is 39.5 Å². The highest BCUT2D eigenvalue weighted by Gasteiger charge is 2.24. The number of hydrogen-bond donors (Lipinski definition) is 1. The summed E-state index contributed by atoms with van der Waals surface area (Å²) in [5.74, 6) is 0. The van der Waals surface area contributed by atoms with Gasteiger partial charge >= 0.3 is 0 Å². The molecule has 96 valence electrons. The van der Waals surface area contributed by atoms with Gasteiger partial charge in [-0.15, -0.1) is 0 Å². The maximum Gasteiger partial charge on any atom is 0.0826 e. The summed E-state index contributed by atoms with van der Waals surface area (Å²) in [4.78, 5) is 2.63. The Labute approximate surface area is 101 Å². The Morgan fingerprint density at radius 2 is 2.25 bits per heavy atom. The van der Waals surface area contributed by atoms with Crippen molar-refractivity contribution in [1.29, 1.82) is 0 Å². The lowest BCUT2D eigenvalue weighted by molar-refractivity contribution is -0.0431. The maximum absolute atomic E-state index is 5.74. The number of morpholine rings is 1. The second kappa shape index (κ2) is 8.04. The van der Waals surface area contributed by atoms with E-state index in [0.717, 1.165) is 32.3 Å². The highest BCUT2D eigenvalue weighted by molar-refractivity contribution is 4.78. The Kier molecular flexibility index (Phi) is 7.01. The Balaban J connectivity index is 2.37. The van der Waals surface area contributed by atoms with Crippen molar-refractivity contribution >= 4 is 0 Å². The number of hydrogen-bond acceptors (Lipinski definition) is 3. The van der Waals surface area contributed by atoms with E-state index in [2.05, 4.69) is 24.1 Å². The van der Waals surface area contributed by atoms with Gasteiger partial charge in [-0.1, -0.05) is 26.7 Å². The van der Waals surface area contributed by atoms with Gasteiger partial charge < -0.3 is 10.1 Å². The molecule has 1 aliphatic heterocycles. The molecular formula is C13H28N2O. The van der Waals surface area contributed by atoms with E-state index < -0.39 is 0 Å². The van der Waals surface area contributed by atoms with E-state index in [1.165, 1.54) is 25.7 Å². The van der Waals surface area contributed by atoms with Crippen molar-refractivity contribution in [3.05, 3.63) is 0 Å². The van der Waals surface area contributed by atoms with Crippen LogP contribution in [0.3, 0.4) is 0 Å². The lowest BCUT2D eigenvalue weighted by atomic mass is 10.0. The van der Waals surface area contributed by atoms with Gasteiger partial charge in [0.1, 0.15) is 0 Å². The van der Waals surface area contributed by atoms with Gasteiger partial charge in [0, 0.05) is 25.7 Å². The number of rotatable bonds is 7. The first-order valence-corrected chi connectivity index (χ1v) is 6.82. The molecule has 0 saturated carbocycles. The van der Waals surface area contributed by atoms with Crippen LogP contribution in [0, 0.1) is 0 Å². The molecule has 3 heteroatoms. The summed E-state index contributed by atoms with van der Waals surface area (Å²) in [6, 6.07) is 0.767. The first kappa shape index (κ1) is 13.9. The molecule has 16 heavy (non-hydrogen) atoms. The zero-order valence-corrected chi connectivity index (χ0v) is 11.2. The van der Waals surface area contributed by atoms with Gasteiger partial charge in [-0.05, 0) is 19.9 Å². The average Bonchev–Trinajstić information content (AvgIpc) is 2.31. The van der Waals surface area contributed by atoms with E-state index in [1.807, 2.05) is 7.05 Å². The van der Waals surface area contributed by atoms with Crippen LogP contribution in [-0.2, 0) is 4.74 Å². The second-order valence-corrected chi connectivity index (χ2v) is 4.75. The zero-order valence-electron chi connectivity index (χ0n) is 11.2. The van der Waals surface area contributed by atoms with Gasteiger partial charge in [0.25, 0.3) is 0 Å². The van der Waals surface area contributed by atoms with Crippen molar-refractivity contribution in [3.8, 4) is 0 Å². The summed E-state index contributed by atoms with van der Waals surface area (Å²) < 4.78 is 5.74. The second-order valence-electron chi connectivity index (χ2n) is 4.75. The Morgan fingerprint density at radius 3 is 2.88 bits per heavy atom. The fourth-order valence-electron chi connectivity index (χ4n) is 2.51. The van der Waals surface area contributed by atoms with Crippen molar-refractivity contribution in [2.75, 3.05) is 33.3 Å². The van der Waals surface area contributed by atoms with Crippen molar-refractivity contribution < 1.29 is 4.74 Å². The lowest BCUT2D eigenvalue weighted by Crippen LogP contribution is -2.50. The molecule has 0 aromatic heterocycles. The summed E-state index contributed by atoms with van der Waals surface area (Å²) >= 11 is 0. The molecule has 3 nitrogen and oxygen atoms in total. The van der Waals surface area contributed by atoms with E-state index in [-0.39, 0.29) is 0 Å². The number of nitrogens with zero attached hydrogens (tertiary/aromatic N) is 1. The van der Waals surface area contributed by atoms with Crippen LogP contribution in [0.5, 0.6) is 0 Å². The van der Waals surface area contributed by atoms with E-state index in [1.54, 1.807) is 0 Å². The molecule has 0 aromatic carbocycles. The summed E-state index contributed by atoms with van der Waals surface area (Å²) in [6.07, 6.45) is 5.66. The fourth-order valence-corrected chi connectivity index (χ4v) is 2.51. The van der Waals surface area contributed by atoms with E-state index >= 15 is 0 Å². The standard InChI is InChI=1S/C13H28N2O/c1-4-6-7-12(5-2)15-8-9-16-13(11-15)10-14-3/h12-14H,4-11H2,1-3H3. The van der Waals surface area contributed by atoms with Gasteiger partial charge in [0.05, 0.1) is 12.7 Å². The van der Waals surface area contributed by atoms with Gasteiger partial charge in [0.15, 0.2) is 0 Å². The van der Waals surface area contributed by atoms with Crippen molar-refractivity contribution in [1.82, 2.24) is 10.2 Å². The molecule has 0 radical (unpaired) electrons. The van der Waals surface area contributed by atoms with E-state index in [9.17, 15) is 0 Å². The highest BCUT2D eigenvalue weighted by Crippen LogP contribution is 2.16. The normalized spacial score (nSPS) is 24.6. The van der Waals surface area contributed by atoms with Crippen molar-refractivity contribution in [3.63, 3.8) is 0 Å². The van der Waals surface area contributed by atoms with Gasteiger partial charge in [-0.25, -0.2) is 0 Å². The van der Waals surface area contributed by atoms with E-state index in [4.69, 9.17) is 4.74 Å². The first-order valence-electron chi connectivity index (χ1n) is 6.82. The quantitative estimate of drug-likeness (QED) is 0.720. The van der Waals surface area contributed by atoms with Crippen LogP contribution in [0.25, 0.3) is 0 Å². The first-order chi connectivity index (χ1) is 7.81. The molecule has 2 atom stereocenters. The van der Waals surface area contributed by atoms with Crippen molar-refractivity contribution in [2.45, 2.75) is 51.7 Å². The smallest absolute Gasteiger partial charge is 0.0826 e. The topological polar surface area (TPSA) is 24.5 Å². The third-order valence-corrected chi connectivity index (χ3v) is 3.48. The van der Waals surface area contributed by atoms with Crippen LogP contribution in [0.2, 0.25) is 0 Å². The molecule has 0 aliphatic carbocycles. The predicted molar refractivity (Wildman–Crippen MR) is 68.8 cm³/mol. The lowest BCUT2D eigenvalue weighted by Gasteiger charge is -2.38. The number of likely N-dealkylation sites (N-methyl/N-ethyl adjacent to an activating group) is 1. The highest BCUT2D eigenvalue weighted by atomic mass is 16.5. The zero-order chi connectivity index (χ0) is 11.8. The van der Waals surface area contributed by atoms with Crippen LogP contribution in [0.15, 0.2) is 0 Å². The molecule has 0 spiro atoms. The van der Waals surface area contributed by atoms with Crippen LogP contribution < -0.4 is 5.32 Å². The molecule has 1 aliphatic rings. The van der Waals surface area contributed by atoms with Gasteiger partial charge in [-0.3, -0.25) is 4.90 Å². The van der Waals surface area contributed by atoms with E-state index in [0.29, 0.717) is 6.10 Å². The van der Waals surface area contributed by atoms with Crippen molar-refractivity contribution in [2.24, 2.45) is 0 Å². The molecule has 0 bridgehead atoms. The molecule has 2 unspecified atom stereocenters. The van der Waals surface area contributed by atoms with Gasteiger partial charge in [-0.2, -0.15) is 0 Å². The molecule has 0 amide bonds. The van der Waals surface area contributed by atoms with Crippen LogP contribution in [-0.4, -0.2) is 50.3 Å². The SMILES string of the molecule is CCCCC(CC)N1CCOC(CNC)C1. The number of unbranched alkanes of at least 4 members (excludes halogenated alkanes) is 1.